The smallest absolute Gasteiger partial charge is 0.339 e. The second-order valence-corrected chi connectivity index (χ2v) is 6.99. The van der Waals surface area contributed by atoms with E-state index in [1.54, 1.807) is 4.68 Å². The van der Waals surface area contributed by atoms with Gasteiger partial charge in [0.05, 0.1) is 10.6 Å². The first-order valence-electron chi connectivity index (χ1n) is 5.88. The van der Waals surface area contributed by atoms with E-state index < -0.39 is 5.97 Å². The predicted molar refractivity (Wildman–Crippen MR) is 89.2 cm³/mol. The molecule has 0 aliphatic carbocycles. The van der Waals surface area contributed by atoms with Crippen LogP contribution in [0.15, 0.2) is 50.9 Å². The van der Waals surface area contributed by atoms with Gasteiger partial charge in [0.15, 0.2) is 0 Å². The van der Waals surface area contributed by atoms with Gasteiger partial charge in [-0.1, -0.05) is 15.9 Å². The number of nitrogens with zero attached hydrogens (tertiary/aromatic N) is 2. The van der Waals surface area contributed by atoms with Crippen LogP contribution in [0.4, 0.5) is 0 Å². The van der Waals surface area contributed by atoms with Crippen molar-refractivity contribution in [2.24, 2.45) is 0 Å². The van der Waals surface area contributed by atoms with Crippen LogP contribution in [0, 0.1) is 0 Å². The van der Waals surface area contributed by atoms with Crippen molar-refractivity contribution < 1.29 is 9.90 Å². The Morgan fingerprint density at radius 2 is 1.90 bits per heavy atom. The summed E-state index contributed by atoms with van der Waals surface area (Å²) < 4.78 is 3.45. The molecule has 0 spiro atoms. The molecule has 21 heavy (non-hydrogen) atoms. The van der Waals surface area contributed by atoms with Gasteiger partial charge < -0.3 is 5.11 Å². The number of hydrogen-bond acceptors (Lipinski definition) is 3. The minimum Gasteiger partial charge on any atom is -0.478 e. The summed E-state index contributed by atoms with van der Waals surface area (Å²) in [6, 6.07) is 9.39. The summed E-state index contributed by atoms with van der Waals surface area (Å²) in [4.78, 5) is 12.2. The van der Waals surface area contributed by atoms with Gasteiger partial charge in [0.1, 0.15) is 11.3 Å². The van der Waals surface area contributed by atoms with E-state index in [0.29, 0.717) is 5.69 Å². The second-order valence-electron chi connectivity index (χ2n) is 4.25. The monoisotopic (exact) mass is 426 g/mol. The summed E-state index contributed by atoms with van der Waals surface area (Å²) in [5.74, 6) is -0.988. The number of benzene rings is 1. The van der Waals surface area contributed by atoms with Crippen molar-refractivity contribution in [1.29, 1.82) is 0 Å². The zero-order valence-electron chi connectivity index (χ0n) is 10.5. The van der Waals surface area contributed by atoms with Crippen LogP contribution in [-0.4, -0.2) is 20.9 Å². The minimum atomic E-state index is -0.988. The van der Waals surface area contributed by atoms with Gasteiger partial charge in [0, 0.05) is 20.5 Å². The van der Waals surface area contributed by atoms with Crippen LogP contribution < -0.4 is 0 Å². The highest BCUT2D eigenvalue weighted by molar-refractivity contribution is 9.10. The topological polar surface area (TPSA) is 55.1 Å². The first kappa shape index (κ1) is 14.5. The quantitative estimate of drug-likeness (QED) is 0.651. The van der Waals surface area contributed by atoms with Crippen molar-refractivity contribution in [3.05, 3.63) is 56.4 Å². The lowest BCUT2D eigenvalue weighted by atomic mass is 10.2. The minimum absolute atomic E-state index is 0.187. The Morgan fingerprint density at radius 1 is 1.19 bits per heavy atom. The van der Waals surface area contributed by atoms with Gasteiger partial charge in [0.2, 0.25) is 0 Å². The van der Waals surface area contributed by atoms with E-state index in [2.05, 4.69) is 37.0 Å². The van der Waals surface area contributed by atoms with E-state index in [1.807, 2.05) is 35.7 Å². The molecule has 1 aromatic carbocycles. The first-order valence-corrected chi connectivity index (χ1v) is 8.34. The Kier molecular flexibility index (Phi) is 3.97. The third kappa shape index (κ3) is 2.95. The lowest BCUT2D eigenvalue weighted by molar-refractivity contribution is 0.0697. The number of carbonyl (C=O) groups is 1. The van der Waals surface area contributed by atoms with Gasteiger partial charge in [-0.15, -0.1) is 11.3 Å². The number of halogens is 2. The van der Waals surface area contributed by atoms with Crippen LogP contribution in [-0.2, 0) is 0 Å². The molecule has 0 amide bonds. The maximum atomic E-state index is 11.4. The van der Waals surface area contributed by atoms with Crippen LogP contribution in [0.3, 0.4) is 0 Å². The third-order valence-electron chi connectivity index (χ3n) is 2.84. The number of rotatable bonds is 3. The Morgan fingerprint density at radius 3 is 2.48 bits per heavy atom. The largest absolute Gasteiger partial charge is 0.478 e. The Bertz CT molecular complexity index is 809. The molecule has 0 unspecified atom stereocenters. The molecule has 2 aromatic heterocycles. The molecule has 0 aliphatic rings. The summed E-state index contributed by atoms with van der Waals surface area (Å²) >= 11 is 8.20. The molecule has 2 heterocycles. The number of aromatic nitrogens is 2. The van der Waals surface area contributed by atoms with E-state index in [0.717, 1.165) is 19.5 Å². The molecule has 3 rings (SSSR count). The number of thiophene rings is 1. The molecule has 106 valence electrons. The summed E-state index contributed by atoms with van der Waals surface area (Å²) in [5, 5.41) is 15.7. The molecule has 0 saturated carbocycles. The molecule has 0 aliphatic heterocycles. The fourth-order valence-electron chi connectivity index (χ4n) is 1.88. The molecule has 4 nitrogen and oxygen atoms in total. The van der Waals surface area contributed by atoms with Crippen molar-refractivity contribution in [1.82, 2.24) is 9.78 Å². The number of aromatic carboxylic acids is 1. The summed E-state index contributed by atoms with van der Waals surface area (Å²) in [6.45, 7) is 0. The Labute approximate surface area is 141 Å². The summed E-state index contributed by atoms with van der Waals surface area (Å²) in [5.41, 5.74) is 1.47. The Hall–Kier alpha value is -1.44. The lowest BCUT2D eigenvalue weighted by Gasteiger charge is -2.00. The average molecular weight is 428 g/mol. The van der Waals surface area contributed by atoms with Gasteiger partial charge in [-0.2, -0.15) is 5.10 Å². The average Bonchev–Trinajstić information content (AvgIpc) is 3.05. The molecule has 3 aromatic rings. The standard InChI is InChI=1S/C14H8Br2N2O2S/c15-8-1-3-10(4-2-8)18-6-11(14(19)20)13(17-18)12-5-9(16)7-21-12/h1-7H,(H,19,20). The van der Waals surface area contributed by atoms with Crippen LogP contribution in [0.2, 0.25) is 0 Å². The van der Waals surface area contributed by atoms with Crippen molar-refractivity contribution in [2.45, 2.75) is 0 Å². The molecule has 0 radical (unpaired) electrons. The van der Waals surface area contributed by atoms with Gasteiger partial charge >= 0.3 is 5.97 Å². The summed E-state index contributed by atoms with van der Waals surface area (Å²) in [7, 11) is 0. The molecule has 0 bridgehead atoms. The molecule has 0 atom stereocenters. The predicted octanol–water partition coefficient (Wildman–Crippen LogP) is 4.82. The molecule has 7 heteroatoms. The SMILES string of the molecule is O=C(O)c1cn(-c2ccc(Br)cc2)nc1-c1cc(Br)cs1. The van der Waals surface area contributed by atoms with Crippen LogP contribution in [0.5, 0.6) is 0 Å². The van der Waals surface area contributed by atoms with Gasteiger partial charge in [-0.05, 0) is 46.3 Å². The van der Waals surface area contributed by atoms with Crippen molar-refractivity contribution in [3.63, 3.8) is 0 Å². The van der Waals surface area contributed by atoms with Crippen molar-refractivity contribution in [3.8, 4) is 16.3 Å². The number of hydrogen-bond donors (Lipinski definition) is 1. The zero-order chi connectivity index (χ0) is 15.0. The van der Waals surface area contributed by atoms with E-state index in [4.69, 9.17) is 0 Å². The van der Waals surface area contributed by atoms with E-state index in [9.17, 15) is 9.90 Å². The highest BCUT2D eigenvalue weighted by Crippen LogP contribution is 2.31. The fourth-order valence-corrected chi connectivity index (χ4v) is 3.57. The van der Waals surface area contributed by atoms with Crippen molar-refractivity contribution in [2.75, 3.05) is 0 Å². The van der Waals surface area contributed by atoms with E-state index in [1.165, 1.54) is 17.5 Å². The number of carboxylic acid groups (broad SMARTS) is 1. The molecule has 0 saturated heterocycles. The first-order chi connectivity index (χ1) is 10.0. The van der Waals surface area contributed by atoms with E-state index >= 15 is 0 Å². The maximum Gasteiger partial charge on any atom is 0.339 e. The van der Waals surface area contributed by atoms with Gasteiger partial charge in [-0.25, -0.2) is 9.48 Å². The normalized spacial score (nSPS) is 10.8. The van der Waals surface area contributed by atoms with Gasteiger partial charge in [0.25, 0.3) is 0 Å². The van der Waals surface area contributed by atoms with Gasteiger partial charge in [-0.3, -0.25) is 0 Å². The molecular formula is C14H8Br2N2O2S. The highest BCUT2D eigenvalue weighted by Gasteiger charge is 2.19. The van der Waals surface area contributed by atoms with Crippen LogP contribution >= 0.6 is 43.2 Å². The van der Waals surface area contributed by atoms with Crippen LogP contribution in [0.25, 0.3) is 16.3 Å². The zero-order valence-corrected chi connectivity index (χ0v) is 14.4. The fraction of sp³-hybridized carbons (Fsp3) is 0. The number of carboxylic acids is 1. The molecule has 0 fully saturated rings. The van der Waals surface area contributed by atoms with E-state index in [-0.39, 0.29) is 5.56 Å². The molecule has 1 N–H and O–H groups in total. The Balaban J connectivity index is 2.12. The lowest BCUT2D eigenvalue weighted by Crippen LogP contribution is -1.96. The van der Waals surface area contributed by atoms with Crippen LogP contribution in [0.1, 0.15) is 10.4 Å². The highest BCUT2D eigenvalue weighted by atomic mass is 79.9. The molecular weight excluding hydrogens is 420 g/mol. The maximum absolute atomic E-state index is 11.4. The third-order valence-corrected chi connectivity index (χ3v) is 5.06. The second kappa shape index (κ2) is 5.75. The summed E-state index contributed by atoms with van der Waals surface area (Å²) in [6.07, 6.45) is 1.54. The van der Waals surface area contributed by atoms with Crippen molar-refractivity contribution >= 4 is 49.2 Å².